The van der Waals surface area contributed by atoms with Crippen molar-refractivity contribution in [3.05, 3.63) is 51.9 Å². The van der Waals surface area contributed by atoms with Gasteiger partial charge in [-0.2, -0.15) is 0 Å². The predicted octanol–water partition coefficient (Wildman–Crippen LogP) is 5.14. The zero-order valence-electron chi connectivity index (χ0n) is 15.2. The molecule has 2 aliphatic rings. The van der Waals surface area contributed by atoms with Crippen LogP contribution in [-0.2, 0) is 12.8 Å². The smallest absolute Gasteiger partial charge is 0.256 e. The number of carbonyl (C=O) groups excluding carboxylic acids is 1. The van der Waals surface area contributed by atoms with Crippen LogP contribution in [0.3, 0.4) is 0 Å². The second-order valence-electron chi connectivity index (χ2n) is 7.95. The van der Waals surface area contributed by atoms with E-state index in [9.17, 15) is 4.79 Å². The molecule has 1 aromatic carbocycles. The van der Waals surface area contributed by atoms with E-state index < -0.39 is 0 Å². The van der Waals surface area contributed by atoms with Crippen LogP contribution in [0.1, 0.15) is 66.1 Å². The van der Waals surface area contributed by atoms with Crippen molar-refractivity contribution in [3.8, 4) is 0 Å². The first kappa shape index (κ1) is 16.6. The fraction of sp³-hybridized carbons (Fsp3) is 0.476. The third kappa shape index (κ3) is 2.86. The minimum absolute atomic E-state index is 0.0771. The van der Waals surface area contributed by atoms with Crippen molar-refractivity contribution in [3.63, 3.8) is 0 Å². The lowest BCUT2D eigenvalue weighted by atomic mass is 9.69. The van der Waals surface area contributed by atoms with Crippen molar-refractivity contribution < 1.29 is 4.79 Å². The van der Waals surface area contributed by atoms with Gasteiger partial charge in [-0.3, -0.25) is 4.79 Å². The van der Waals surface area contributed by atoms with Gasteiger partial charge < -0.3 is 10.6 Å². The van der Waals surface area contributed by atoms with Gasteiger partial charge >= 0.3 is 0 Å². The number of carbonyl (C=O) groups is 1. The van der Waals surface area contributed by atoms with Gasteiger partial charge in [-0.05, 0) is 41.7 Å². The molecule has 1 amide bonds. The lowest BCUT2D eigenvalue weighted by molar-refractivity contribution is 0.0934. The second kappa shape index (κ2) is 6.17. The standard InChI is InChI=1S/C21H26N2OS/c1-4-21(2,3)14-10-11-15-16(12-14)25-20-17(15)19(24)22-18(23-20)13-8-6-5-7-9-13/h5-9,14,18,23H,4,10-12H2,1-3H3,(H,22,24). The molecule has 0 saturated carbocycles. The summed E-state index contributed by atoms with van der Waals surface area (Å²) in [5, 5.41) is 7.74. The number of amides is 1. The minimum Gasteiger partial charge on any atom is -0.353 e. The fourth-order valence-electron chi connectivity index (χ4n) is 4.07. The van der Waals surface area contributed by atoms with E-state index in [0.717, 1.165) is 29.0 Å². The van der Waals surface area contributed by atoms with Crippen LogP contribution in [0.2, 0.25) is 0 Å². The molecule has 2 heterocycles. The molecule has 1 aliphatic heterocycles. The van der Waals surface area contributed by atoms with E-state index in [2.05, 4.69) is 43.5 Å². The molecule has 25 heavy (non-hydrogen) atoms. The molecule has 0 fully saturated rings. The lowest BCUT2D eigenvalue weighted by Gasteiger charge is -2.36. The Morgan fingerprint density at radius 1 is 1.20 bits per heavy atom. The number of rotatable bonds is 3. The van der Waals surface area contributed by atoms with Crippen LogP contribution in [0.25, 0.3) is 0 Å². The molecule has 4 heteroatoms. The summed E-state index contributed by atoms with van der Waals surface area (Å²) < 4.78 is 0. The normalized spacial score (nSPS) is 22.6. The van der Waals surface area contributed by atoms with Gasteiger partial charge in [-0.25, -0.2) is 0 Å². The number of thiophene rings is 1. The number of hydrogen-bond acceptors (Lipinski definition) is 3. The quantitative estimate of drug-likeness (QED) is 0.801. The Balaban J connectivity index is 1.64. The molecule has 4 rings (SSSR count). The van der Waals surface area contributed by atoms with Crippen molar-refractivity contribution in [2.45, 2.75) is 52.6 Å². The first-order valence-corrected chi connectivity index (χ1v) is 10.1. The molecule has 2 atom stereocenters. The van der Waals surface area contributed by atoms with Crippen LogP contribution in [0.4, 0.5) is 5.00 Å². The van der Waals surface area contributed by atoms with Gasteiger partial charge in [0.2, 0.25) is 0 Å². The van der Waals surface area contributed by atoms with Gasteiger partial charge in [-0.1, -0.05) is 57.5 Å². The summed E-state index contributed by atoms with van der Waals surface area (Å²) in [4.78, 5) is 14.2. The molecule has 0 bridgehead atoms. The largest absolute Gasteiger partial charge is 0.353 e. The first-order chi connectivity index (χ1) is 12.0. The van der Waals surface area contributed by atoms with Crippen LogP contribution in [0.15, 0.2) is 30.3 Å². The highest BCUT2D eigenvalue weighted by Gasteiger charge is 2.37. The van der Waals surface area contributed by atoms with Crippen LogP contribution in [0, 0.1) is 11.3 Å². The fourth-order valence-corrected chi connectivity index (χ4v) is 5.42. The van der Waals surface area contributed by atoms with E-state index in [0.29, 0.717) is 11.3 Å². The Labute approximate surface area is 153 Å². The van der Waals surface area contributed by atoms with Gasteiger partial charge in [0.1, 0.15) is 11.2 Å². The van der Waals surface area contributed by atoms with Crippen molar-refractivity contribution in [1.82, 2.24) is 5.32 Å². The molecule has 1 aliphatic carbocycles. The van der Waals surface area contributed by atoms with Gasteiger partial charge in [0.05, 0.1) is 5.56 Å². The van der Waals surface area contributed by atoms with E-state index in [4.69, 9.17) is 0 Å². The van der Waals surface area contributed by atoms with E-state index in [1.54, 1.807) is 11.3 Å². The van der Waals surface area contributed by atoms with E-state index in [-0.39, 0.29) is 12.1 Å². The number of anilines is 1. The molecule has 132 valence electrons. The molecule has 0 spiro atoms. The van der Waals surface area contributed by atoms with Crippen LogP contribution in [-0.4, -0.2) is 5.91 Å². The Kier molecular flexibility index (Phi) is 4.11. The van der Waals surface area contributed by atoms with E-state index >= 15 is 0 Å². The van der Waals surface area contributed by atoms with Gasteiger partial charge in [0, 0.05) is 4.88 Å². The Hall–Kier alpha value is -1.81. The summed E-state index contributed by atoms with van der Waals surface area (Å²) in [5.74, 6) is 0.784. The van der Waals surface area contributed by atoms with Crippen molar-refractivity contribution in [2.24, 2.45) is 11.3 Å². The molecule has 0 saturated heterocycles. The molecule has 2 unspecified atom stereocenters. The summed E-state index contributed by atoms with van der Waals surface area (Å²) in [6, 6.07) is 10.1. The predicted molar refractivity (Wildman–Crippen MR) is 104 cm³/mol. The minimum atomic E-state index is -0.135. The zero-order chi connectivity index (χ0) is 17.6. The maximum absolute atomic E-state index is 12.8. The summed E-state index contributed by atoms with van der Waals surface area (Å²) in [7, 11) is 0. The SMILES string of the molecule is CCC(C)(C)C1CCc2c(sc3c2C(=O)NC(c2ccccc2)N3)C1. The average molecular weight is 355 g/mol. The van der Waals surface area contributed by atoms with Crippen LogP contribution >= 0.6 is 11.3 Å². The summed E-state index contributed by atoms with van der Waals surface area (Å²) in [6.07, 6.45) is 4.39. The maximum atomic E-state index is 12.8. The maximum Gasteiger partial charge on any atom is 0.256 e. The zero-order valence-corrected chi connectivity index (χ0v) is 16.0. The lowest BCUT2D eigenvalue weighted by Crippen LogP contribution is -2.38. The molecule has 2 aromatic rings. The Bertz CT molecular complexity index is 794. The third-order valence-corrected chi connectivity index (χ3v) is 7.38. The van der Waals surface area contributed by atoms with E-state index in [1.807, 2.05) is 18.2 Å². The topological polar surface area (TPSA) is 41.1 Å². The highest BCUT2D eigenvalue weighted by atomic mass is 32.1. The Morgan fingerprint density at radius 2 is 1.96 bits per heavy atom. The van der Waals surface area contributed by atoms with Gasteiger partial charge in [0.15, 0.2) is 0 Å². The first-order valence-electron chi connectivity index (χ1n) is 9.26. The molecule has 1 aromatic heterocycles. The highest BCUT2D eigenvalue weighted by Crippen LogP contribution is 2.46. The number of benzene rings is 1. The van der Waals surface area contributed by atoms with Gasteiger partial charge in [-0.15, -0.1) is 11.3 Å². The van der Waals surface area contributed by atoms with Crippen molar-refractivity contribution in [2.75, 3.05) is 5.32 Å². The average Bonchev–Trinajstić information content (AvgIpc) is 3.00. The number of nitrogens with one attached hydrogen (secondary N) is 2. The second-order valence-corrected chi connectivity index (χ2v) is 9.06. The van der Waals surface area contributed by atoms with Crippen molar-refractivity contribution >= 4 is 22.2 Å². The summed E-state index contributed by atoms with van der Waals surface area (Å²) >= 11 is 1.80. The number of hydrogen-bond donors (Lipinski definition) is 2. The molecular weight excluding hydrogens is 328 g/mol. The molecule has 2 N–H and O–H groups in total. The monoisotopic (exact) mass is 354 g/mol. The van der Waals surface area contributed by atoms with Gasteiger partial charge in [0.25, 0.3) is 5.91 Å². The Morgan fingerprint density at radius 3 is 2.68 bits per heavy atom. The summed E-state index contributed by atoms with van der Waals surface area (Å²) in [6.45, 7) is 7.05. The number of fused-ring (bicyclic) bond motifs is 3. The molecule has 0 radical (unpaired) electrons. The van der Waals surface area contributed by atoms with E-state index in [1.165, 1.54) is 23.3 Å². The highest BCUT2D eigenvalue weighted by molar-refractivity contribution is 7.16. The van der Waals surface area contributed by atoms with Crippen LogP contribution < -0.4 is 10.6 Å². The summed E-state index contributed by atoms with van der Waals surface area (Å²) in [5.41, 5.74) is 3.65. The molecular formula is C21H26N2OS. The van der Waals surface area contributed by atoms with Crippen LogP contribution in [0.5, 0.6) is 0 Å². The van der Waals surface area contributed by atoms with Crippen molar-refractivity contribution in [1.29, 1.82) is 0 Å². The third-order valence-electron chi connectivity index (χ3n) is 6.19. The molecule has 3 nitrogen and oxygen atoms in total.